The maximum atomic E-state index is 14.4. The van der Waals surface area contributed by atoms with E-state index in [1.807, 2.05) is 97.8 Å². The van der Waals surface area contributed by atoms with Gasteiger partial charge in [0, 0.05) is 65.0 Å². The molecule has 0 aliphatic carbocycles. The summed E-state index contributed by atoms with van der Waals surface area (Å²) >= 11 is 0. The minimum Gasteiger partial charge on any atom is -0.475 e. The number of hydrogen-bond donors (Lipinski definition) is 3. The van der Waals surface area contributed by atoms with Crippen molar-refractivity contribution in [1.82, 2.24) is 20.0 Å². The van der Waals surface area contributed by atoms with Crippen LogP contribution in [0.25, 0.3) is 0 Å². The van der Waals surface area contributed by atoms with Gasteiger partial charge >= 0.3 is 18.1 Å². The molecule has 1 fully saturated rings. The molecule has 0 saturated carbocycles. The first kappa shape index (κ1) is 65.6. The number of ketones is 2. The number of aliphatic carboxylic acids is 1. The number of carbonyl (C=O) groups is 7. The van der Waals surface area contributed by atoms with Gasteiger partial charge in [-0.05, 0) is 68.5 Å². The normalized spacial score (nSPS) is 17.9. The van der Waals surface area contributed by atoms with E-state index in [9.17, 15) is 41.9 Å². The van der Waals surface area contributed by atoms with Crippen LogP contribution in [0.2, 0.25) is 0 Å². The Labute approximate surface area is 427 Å². The molecule has 4 N–H and O–H groups in total. The van der Waals surface area contributed by atoms with Crippen LogP contribution in [0.5, 0.6) is 0 Å². The second-order valence-electron chi connectivity index (χ2n) is 21.3. The number of rotatable bonds is 28. The molecule has 0 aromatic heterocycles. The zero-order valence-corrected chi connectivity index (χ0v) is 45.7. The Morgan fingerprint density at radius 3 is 1.93 bits per heavy atom. The lowest BCUT2D eigenvalue weighted by atomic mass is 9.83. The number of hydrogen-bond acceptors (Lipinski definition) is 12. The first-order valence-corrected chi connectivity index (χ1v) is 25.2. The van der Waals surface area contributed by atoms with Gasteiger partial charge in [-0.3, -0.25) is 33.7 Å². The lowest BCUT2D eigenvalue weighted by molar-refractivity contribution is -0.192. The summed E-state index contributed by atoms with van der Waals surface area (Å²) < 4.78 is 49.2. The van der Waals surface area contributed by atoms with Crippen LogP contribution in [-0.4, -0.2) is 159 Å². The number of likely N-dealkylation sites (tertiary alicyclic amines) is 1. The van der Waals surface area contributed by atoms with Gasteiger partial charge in [0.15, 0.2) is 5.78 Å². The van der Waals surface area contributed by atoms with E-state index in [0.717, 1.165) is 18.4 Å². The molecule has 0 radical (unpaired) electrons. The smallest absolute Gasteiger partial charge is 0.475 e. The van der Waals surface area contributed by atoms with Gasteiger partial charge in [0.05, 0.1) is 43.4 Å². The van der Waals surface area contributed by atoms with Gasteiger partial charge in [-0.15, -0.1) is 0 Å². The molecule has 412 valence electrons. The predicted molar refractivity (Wildman–Crippen MR) is 269 cm³/mol. The molecule has 72 heavy (non-hydrogen) atoms. The van der Waals surface area contributed by atoms with Crippen molar-refractivity contribution in [3.05, 3.63) is 35.9 Å². The largest absolute Gasteiger partial charge is 0.490 e. The quantitative estimate of drug-likeness (QED) is 0.0597. The zero-order valence-electron chi connectivity index (χ0n) is 45.7. The van der Waals surface area contributed by atoms with E-state index < -0.39 is 65.6 Å². The predicted octanol–water partition coefficient (Wildman–Crippen LogP) is 6.60. The minimum atomic E-state index is -5.08. The lowest BCUT2D eigenvalue weighted by Gasteiger charge is -2.41. The maximum absolute atomic E-state index is 14.4. The number of Topliss-reactive ketones (excluding diaryl/α,β-unsaturated/α-hetero) is 2. The third-order valence-corrected chi connectivity index (χ3v) is 13.9. The fourth-order valence-electron chi connectivity index (χ4n) is 9.43. The molecule has 3 amide bonds. The Morgan fingerprint density at radius 2 is 1.46 bits per heavy atom. The third-order valence-electron chi connectivity index (χ3n) is 13.9. The highest BCUT2D eigenvalue weighted by molar-refractivity contribution is 5.90. The Hall–Kier alpha value is -4.46. The third kappa shape index (κ3) is 20.5. The van der Waals surface area contributed by atoms with Gasteiger partial charge in [0.2, 0.25) is 17.7 Å². The van der Waals surface area contributed by atoms with Crippen molar-refractivity contribution in [3.63, 3.8) is 0 Å². The summed E-state index contributed by atoms with van der Waals surface area (Å²) in [7, 11) is 8.67. The molecule has 1 aromatic carbocycles. The van der Waals surface area contributed by atoms with Gasteiger partial charge in [-0.1, -0.05) is 106 Å². The van der Waals surface area contributed by atoms with E-state index >= 15 is 0 Å². The number of carboxylic acid groups (broad SMARTS) is 1. The van der Waals surface area contributed by atoms with E-state index in [4.69, 9.17) is 29.8 Å². The summed E-state index contributed by atoms with van der Waals surface area (Å²) in [5, 5.41) is 10.1. The summed E-state index contributed by atoms with van der Waals surface area (Å²) in [6, 6.07) is 7.65. The van der Waals surface area contributed by atoms with Gasteiger partial charge in [-0.25, -0.2) is 4.79 Å². The van der Waals surface area contributed by atoms with Crippen molar-refractivity contribution in [1.29, 1.82) is 0 Å². The number of carbonyl (C=O) groups excluding carboxylic acids is 6. The van der Waals surface area contributed by atoms with E-state index in [-0.39, 0.29) is 91.5 Å². The first-order chi connectivity index (χ1) is 33.4. The topological polar surface area (TPSA) is 215 Å². The van der Waals surface area contributed by atoms with Crippen molar-refractivity contribution in [3.8, 4) is 0 Å². The number of amides is 3. The number of alkyl halides is 3. The lowest BCUT2D eigenvalue weighted by Crippen LogP contribution is -2.54. The second kappa shape index (κ2) is 30.7. The summed E-state index contributed by atoms with van der Waals surface area (Å²) in [5.74, 6) is -5.78. The number of likely N-dealkylation sites (N-methyl/N-ethyl adjacent to an activating group) is 2. The van der Waals surface area contributed by atoms with Crippen molar-refractivity contribution in [2.24, 2.45) is 46.7 Å². The molecule has 1 saturated heterocycles. The van der Waals surface area contributed by atoms with E-state index in [2.05, 4.69) is 19.2 Å². The highest BCUT2D eigenvalue weighted by Crippen LogP contribution is 2.32. The van der Waals surface area contributed by atoms with Crippen LogP contribution in [0.4, 0.5) is 13.2 Å². The molecule has 1 aliphatic heterocycles. The summed E-state index contributed by atoms with van der Waals surface area (Å²) in [5.41, 5.74) is 6.50. The number of ether oxygens (including phenoxy) is 3. The van der Waals surface area contributed by atoms with Crippen LogP contribution < -0.4 is 11.1 Å². The number of halogens is 3. The average molecular weight is 1030 g/mol. The van der Waals surface area contributed by atoms with E-state index in [1.165, 1.54) is 0 Å². The Morgan fingerprint density at radius 1 is 0.875 bits per heavy atom. The highest BCUT2D eigenvalue weighted by Gasteiger charge is 2.44. The molecule has 1 heterocycles. The molecule has 0 bridgehead atoms. The van der Waals surface area contributed by atoms with Crippen LogP contribution in [0, 0.1) is 40.9 Å². The highest BCUT2D eigenvalue weighted by atomic mass is 19.4. The SMILES string of the molecule is CC[C@H](C)[C@@H]([C@@H](CC(=O)N1CCC[C@H]1[C@H](OC)[C@@H](C)C(=O)C[C@@H](Cc1ccccc1)C(=O)NCCCOC(=O)[C@@H](N)C(C)(C)C)OC)N(C)C(=O)[C@@H](CC(=O)[C@H](C(C)C)N(C)C)C(C)C.O=C(O)C(F)(F)F. The molecule has 1 aliphatic rings. The van der Waals surface area contributed by atoms with Crippen molar-refractivity contribution < 1.29 is 66.1 Å². The van der Waals surface area contributed by atoms with Gasteiger partial charge < -0.3 is 40.2 Å². The first-order valence-electron chi connectivity index (χ1n) is 25.2. The fourth-order valence-corrected chi connectivity index (χ4v) is 9.43. The second-order valence-corrected chi connectivity index (χ2v) is 21.3. The Kier molecular flexibility index (Phi) is 27.9. The van der Waals surface area contributed by atoms with Crippen LogP contribution in [0.15, 0.2) is 30.3 Å². The number of methoxy groups -OCH3 is 2. The minimum absolute atomic E-state index is 0.0155. The molecule has 16 nitrogen and oxygen atoms in total. The number of nitrogens with two attached hydrogens (primary N) is 1. The van der Waals surface area contributed by atoms with Crippen LogP contribution in [-0.2, 0) is 54.2 Å². The molecule has 2 rings (SSSR count). The molecule has 1 aromatic rings. The Bertz CT molecular complexity index is 1870. The summed E-state index contributed by atoms with van der Waals surface area (Å²) in [6.45, 7) is 20.3. The molecule has 19 heteroatoms. The monoisotopic (exact) mass is 1030 g/mol. The zero-order chi connectivity index (χ0) is 55.4. The number of carboxylic acids is 1. The van der Waals surface area contributed by atoms with Crippen molar-refractivity contribution in [2.45, 2.75) is 163 Å². The number of nitrogens with one attached hydrogen (secondary N) is 1. The molecule has 10 atom stereocenters. The average Bonchev–Trinajstić information content (AvgIpc) is 3.78. The van der Waals surface area contributed by atoms with Gasteiger partial charge in [-0.2, -0.15) is 13.2 Å². The summed E-state index contributed by atoms with van der Waals surface area (Å²) in [4.78, 5) is 97.1. The number of nitrogens with zero attached hydrogens (tertiary/aromatic N) is 3. The van der Waals surface area contributed by atoms with Gasteiger partial charge in [0.25, 0.3) is 0 Å². The maximum Gasteiger partial charge on any atom is 0.490 e. The van der Waals surface area contributed by atoms with Gasteiger partial charge in [0.1, 0.15) is 11.8 Å². The standard InChI is InChI=1S/C51H87N5O9.C2HF3O2/c1-16-34(6)45(55(13)49(61)38(32(2)3)30-41(58)44(33(4)5)54(11)12)42(63-14)31-43(59)56-26-20-24-39(56)46(64-15)35(7)40(57)29-37(28-36-22-18-17-19-23-36)48(60)53-25-21-27-65-50(62)47(52)51(8,9)10;3-2(4,5)1(6)7/h17-19,22-23,32-35,37-39,42,44-47H,16,20-21,24-31,52H2,1-15H3,(H,53,60);(H,6,7)/t34-,35-,37+,38-,39-,42+,44-,45-,46+,47+;/m0./s1. The molecule has 0 unspecified atom stereocenters. The van der Waals surface area contributed by atoms with E-state index in [1.54, 1.807) is 38.0 Å². The number of benzene rings is 1. The van der Waals surface area contributed by atoms with Crippen molar-refractivity contribution in [2.75, 3.05) is 55.1 Å². The van der Waals surface area contributed by atoms with Crippen LogP contribution in [0.1, 0.15) is 120 Å². The van der Waals surface area contributed by atoms with Crippen LogP contribution in [0.3, 0.4) is 0 Å². The molecular formula is C53H88F3N5O11. The molecule has 0 spiro atoms. The molecular weight excluding hydrogens is 940 g/mol. The van der Waals surface area contributed by atoms with Crippen LogP contribution >= 0.6 is 0 Å². The summed E-state index contributed by atoms with van der Waals surface area (Å²) in [6.07, 6.45) is -3.39. The van der Waals surface area contributed by atoms with Crippen molar-refractivity contribution >= 4 is 41.2 Å². The van der Waals surface area contributed by atoms with E-state index in [0.29, 0.717) is 25.8 Å². The number of esters is 1. The fraction of sp³-hybridized carbons (Fsp3) is 0.755. The Balaban J connectivity index is 0.00000343.